The molecule has 0 spiro atoms. The molecule has 1 fully saturated rings. The molecule has 0 aromatic heterocycles. The summed E-state index contributed by atoms with van der Waals surface area (Å²) in [6.07, 6.45) is 5.37. The molecule has 1 aromatic rings. The zero-order valence-electron chi connectivity index (χ0n) is 12.5. The molecule has 0 saturated carbocycles. The predicted molar refractivity (Wildman–Crippen MR) is 88.1 cm³/mol. The first kappa shape index (κ1) is 15.4. The Bertz CT molecular complexity index is 580. The molecule has 2 heterocycles. The minimum absolute atomic E-state index is 0.0469. The van der Waals surface area contributed by atoms with Gasteiger partial charge in [-0.1, -0.05) is 11.6 Å². The summed E-state index contributed by atoms with van der Waals surface area (Å²) in [6.45, 7) is 3.21. The molecule has 0 aliphatic carbocycles. The van der Waals surface area contributed by atoms with Crippen molar-refractivity contribution in [3.8, 4) is 5.75 Å². The Balaban J connectivity index is 1.54. The maximum absolute atomic E-state index is 12.2. The molecule has 1 unspecified atom stereocenters. The molecule has 3 rings (SSSR count). The van der Waals surface area contributed by atoms with Gasteiger partial charge < -0.3 is 15.4 Å². The molecule has 0 radical (unpaired) electrons. The van der Waals surface area contributed by atoms with Gasteiger partial charge in [-0.15, -0.1) is 0 Å². The number of hydrogen-bond donors (Lipinski definition) is 2. The standard InChI is InChI=1S/C17H21ClN2O2/c18-15-3-4-16-13(9-15)8-14(11-22-16)17(21)20-7-5-12-2-1-6-19-10-12/h3-4,8-9,12,19H,1-2,5-7,10-11H2,(H,20,21). The normalized spacial score (nSPS) is 20.6. The molecule has 118 valence electrons. The van der Waals surface area contributed by atoms with Crippen LogP contribution in [-0.2, 0) is 4.79 Å². The van der Waals surface area contributed by atoms with Crippen molar-refractivity contribution in [3.63, 3.8) is 0 Å². The highest BCUT2D eigenvalue weighted by Gasteiger charge is 2.18. The summed E-state index contributed by atoms with van der Waals surface area (Å²) >= 11 is 5.98. The second kappa shape index (κ2) is 7.16. The maximum atomic E-state index is 12.2. The highest BCUT2D eigenvalue weighted by Crippen LogP contribution is 2.28. The number of rotatable bonds is 4. The fourth-order valence-electron chi connectivity index (χ4n) is 2.95. The van der Waals surface area contributed by atoms with Gasteiger partial charge in [-0.3, -0.25) is 4.79 Å². The zero-order chi connectivity index (χ0) is 15.4. The van der Waals surface area contributed by atoms with Gasteiger partial charge >= 0.3 is 0 Å². The maximum Gasteiger partial charge on any atom is 0.250 e. The molecule has 0 bridgehead atoms. The second-order valence-electron chi connectivity index (χ2n) is 5.90. The van der Waals surface area contributed by atoms with Crippen molar-refractivity contribution in [1.29, 1.82) is 0 Å². The van der Waals surface area contributed by atoms with Gasteiger partial charge in [-0.25, -0.2) is 0 Å². The van der Waals surface area contributed by atoms with Gasteiger partial charge in [0.25, 0.3) is 5.91 Å². The first-order chi connectivity index (χ1) is 10.7. The lowest BCUT2D eigenvalue weighted by atomic mass is 9.96. The first-order valence-electron chi connectivity index (χ1n) is 7.84. The number of ether oxygens (including phenoxy) is 1. The van der Waals surface area contributed by atoms with E-state index in [-0.39, 0.29) is 5.91 Å². The Morgan fingerprint density at radius 1 is 1.45 bits per heavy atom. The van der Waals surface area contributed by atoms with Crippen molar-refractivity contribution < 1.29 is 9.53 Å². The van der Waals surface area contributed by atoms with Crippen LogP contribution in [0.4, 0.5) is 0 Å². The lowest BCUT2D eigenvalue weighted by Gasteiger charge is -2.23. The summed E-state index contributed by atoms with van der Waals surface area (Å²) in [4.78, 5) is 12.2. The molecular weight excluding hydrogens is 300 g/mol. The number of fused-ring (bicyclic) bond motifs is 1. The first-order valence-corrected chi connectivity index (χ1v) is 8.22. The highest BCUT2D eigenvalue weighted by atomic mass is 35.5. The predicted octanol–water partition coefficient (Wildman–Crippen LogP) is 2.62. The van der Waals surface area contributed by atoms with Crippen LogP contribution in [0.2, 0.25) is 5.02 Å². The third-order valence-electron chi connectivity index (χ3n) is 4.21. The number of carbonyl (C=O) groups excluding carboxylic acids is 1. The van der Waals surface area contributed by atoms with Crippen LogP contribution >= 0.6 is 11.6 Å². The van der Waals surface area contributed by atoms with Crippen molar-refractivity contribution in [2.24, 2.45) is 5.92 Å². The van der Waals surface area contributed by atoms with Crippen LogP contribution in [0.3, 0.4) is 0 Å². The fraction of sp³-hybridized carbons (Fsp3) is 0.471. The molecule has 2 N–H and O–H groups in total. The number of piperidine rings is 1. The third-order valence-corrected chi connectivity index (χ3v) is 4.45. The van der Waals surface area contributed by atoms with Crippen molar-refractivity contribution in [2.75, 3.05) is 26.2 Å². The Morgan fingerprint density at radius 2 is 2.36 bits per heavy atom. The van der Waals surface area contributed by atoms with Crippen LogP contribution in [0.15, 0.2) is 23.8 Å². The largest absolute Gasteiger partial charge is 0.488 e. The molecule has 1 amide bonds. The topological polar surface area (TPSA) is 50.4 Å². The van der Waals surface area contributed by atoms with Crippen LogP contribution in [-0.4, -0.2) is 32.1 Å². The number of benzene rings is 1. The van der Waals surface area contributed by atoms with E-state index in [1.54, 1.807) is 6.07 Å². The molecule has 5 heteroatoms. The number of carbonyl (C=O) groups is 1. The van der Waals surface area contributed by atoms with E-state index in [1.165, 1.54) is 12.8 Å². The van der Waals surface area contributed by atoms with E-state index in [2.05, 4.69) is 10.6 Å². The summed E-state index contributed by atoms with van der Waals surface area (Å²) in [5.41, 5.74) is 1.51. The van der Waals surface area contributed by atoms with Gasteiger partial charge in [0.1, 0.15) is 12.4 Å². The average molecular weight is 321 g/mol. The van der Waals surface area contributed by atoms with Gasteiger partial charge in [-0.05, 0) is 62.5 Å². The van der Waals surface area contributed by atoms with E-state index in [9.17, 15) is 4.79 Å². The molecular formula is C17H21ClN2O2. The Labute approximate surface area is 135 Å². The lowest BCUT2D eigenvalue weighted by molar-refractivity contribution is -0.117. The van der Waals surface area contributed by atoms with Crippen molar-refractivity contribution in [3.05, 3.63) is 34.4 Å². The molecule has 1 aromatic carbocycles. The Morgan fingerprint density at radius 3 is 3.18 bits per heavy atom. The van der Waals surface area contributed by atoms with Crippen LogP contribution in [0.25, 0.3) is 6.08 Å². The molecule has 4 nitrogen and oxygen atoms in total. The van der Waals surface area contributed by atoms with Crippen molar-refractivity contribution in [2.45, 2.75) is 19.3 Å². The van der Waals surface area contributed by atoms with Gasteiger partial charge in [0.2, 0.25) is 0 Å². The van der Waals surface area contributed by atoms with E-state index >= 15 is 0 Å². The molecule has 1 atom stereocenters. The van der Waals surface area contributed by atoms with Gasteiger partial charge in [0.15, 0.2) is 0 Å². The third kappa shape index (κ3) is 3.81. The van der Waals surface area contributed by atoms with Gasteiger partial charge in [-0.2, -0.15) is 0 Å². The SMILES string of the molecule is O=C(NCCC1CCCNC1)C1=Cc2cc(Cl)ccc2OC1. The number of amides is 1. The van der Waals surface area contributed by atoms with Crippen LogP contribution < -0.4 is 15.4 Å². The summed E-state index contributed by atoms with van der Waals surface area (Å²) < 4.78 is 5.61. The summed E-state index contributed by atoms with van der Waals surface area (Å²) in [5, 5.41) is 7.04. The highest BCUT2D eigenvalue weighted by molar-refractivity contribution is 6.30. The number of hydrogen-bond acceptors (Lipinski definition) is 3. The number of halogens is 1. The quantitative estimate of drug-likeness (QED) is 0.896. The van der Waals surface area contributed by atoms with E-state index in [0.717, 1.165) is 30.8 Å². The molecule has 1 saturated heterocycles. The molecule has 22 heavy (non-hydrogen) atoms. The monoisotopic (exact) mass is 320 g/mol. The van der Waals surface area contributed by atoms with E-state index in [1.807, 2.05) is 18.2 Å². The van der Waals surface area contributed by atoms with Crippen LogP contribution in [0.5, 0.6) is 5.75 Å². The summed E-state index contributed by atoms with van der Waals surface area (Å²) in [7, 11) is 0. The van der Waals surface area contributed by atoms with Gasteiger partial charge in [0.05, 0.1) is 5.57 Å². The second-order valence-corrected chi connectivity index (χ2v) is 6.33. The summed E-state index contributed by atoms with van der Waals surface area (Å²) in [5.74, 6) is 1.40. The molecule has 2 aliphatic heterocycles. The Kier molecular flexibility index (Phi) is 5.01. The minimum Gasteiger partial charge on any atom is -0.488 e. The average Bonchev–Trinajstić information content (AvgIpc) is 2.55. The number of nitrogens with one attached hydrogen (secondary N) is 2. The van der Waals surface area contributed by atoms with E-state index in [4.69, 9.17) is 16.3 Å². The minimum atomic E-state index is -0.0469. The Hall–Kier alpha value is -1.52. The van der Waals surface area contributed by atoms with Gasteiger partial charge in [0, 0.05) is 17.1 Å². The smallest absolute Gasteiger partial charge is 0.250 e. The van der Waals surface area contributed by atoms with Crippen molar-refractivity contribution in [1.82, 2.24) is 10.6 Å². The van der Waals surface area contributed by atoms with Crippen LogP contribution in [0.1, 0.15) is 24.8 Å². The molecule has 2 aliphatic rings. The van der Waals surface area contributed by atoms with E-state index < -0.39 is 0 Å². The lowest BCUT2D eigenvalue weighted by Crippen LogP contribution is -2.34. The summed E-state index contributed by atoms with van der Waals surface area (Å²) in [6, 6.07) is 5.44. The van der Waals surface area contributed by atoms with Crippen molar-refractivity contribution >= 4 is 23.6 Å². The zero-order valence-corrected chi connectivity index (χ0v) is 13.3. The van der Waals surface area contributed by atoms with E-state index in [0.29, 0.717) is 29.7 Å². The fourth-order valence-corrected chi connectivity index (χ4v) is 3.13. The van der Waals surface area contributed by atoms with Crippen LogP contribution in [0, 0.1) is 5.92 Å².